The predicted molar refractivity (Wildman–Crippen MR) is 148 cm³/mol. The molecule has 0 atom stereocenters. The Bertz CT molecular complexity index is 1910. The molecule has 0 radical (unpaired) electrons. The topological polar surface area (TPSA) is 91.4 Å². The molecule has 0 aliphatic rings. The number of fused-ring (bicyclic) bond motifs is 1. The van der Waals surface area contributed by atoms with E-state index in [-0.39, 0.29) is 16.2 Å². The molecule has 0 saturated heterocycles. The first-order valence-electron chi connectivity index (χ1n) is 12.0. The fourth-order valence-corrected chi connectivity index (χ4v) is 5.03. The molecule has 0 unspecified atom stereocenters. The SMILES string of the molecule is CCOc1ccc(-c2nn(-c3ccccc3)cc2/C=c2\sc3nc(=O)c(-c4ccccc4)nn3c2=O)cc1. The van der Waals surface area contributed by atoms with Gasteiger partial charge in [0.2, 0.25) is 4.96 Å². The smallest absolute Gasteiger partial charge is 0.300 e. The lowest BCUT2D eigenvalue weighted by Crippen LogP contribution is -2.26. The van der Waals surface area contributed by atoms with Crippen molar-refractivity contribution in [3.63, 3.8) is 0 Å². The Balaban J connectivity index is 1.52. The lowest BCUT2D eigenvalue weighted by molar-refractivity contribution is 0.340. The van der Waals surface area contributed by atoms with Gasteiger partial charge in [0.25, 0.3) is 5.56 Å². The Labute approximate surface area is 220 Å². The summed E-state index contributed by atoms with van der Waals surface area (Å²) in [5, 5.41) is 9.19. The summed E-state index contributed by atoms with van der Waals surface area (Å²) in [5.41, 5.74) is 3.13. The summed E-state index contributed by atoms with van der Waals surface area (Å²) in [6.07, 6.45) is 3.65. The highest BCUT2D eigenvalue weighted by molar-refractivity contribution is 7.15. The van der Waals surface area contributed by atoms with Gasteiger partial charge in [-0.3, -0.25) is 9.59 Å². The second kappa shape index (κ2) is 9.87. The van der Waals surface area contributed by atoms with Gasteiger partial charge in [-0.05, 0) is 49.4 Å². The third-order valence-corrected chi connectivity index (χ3v) is 6.88. The number of rotatable bonds is 6. The van der Waals surface area contributed by atoms with Crippen LogP contribution in [0.4, 0.5) is 0 Å². The number of thiazole rings is 1. The fourth-order valence-electron chi connectivity index (χ4n) is 4.13. The average molecular weight is 520 g/mol. The van der Waals surface area contributed by atoms with E-state index < -0.39 is 5.56 Å². The van der Waals surface area contributed by atoms with E-state index in [9.17, 15) is 9.59 Å². The van der Waals surface area contributed by atoms with Crippen molar-refractivity contribution in [1.29, 1.82) is 0 Å². The summed E-state index contributed by atoms with van der Waals surface area (Å²) in [7, 11) is 0. The van der Waals surface area contributed by atoms with Gasteiger partial charge in [0.1, 0.15) is 11.4 Å². The molecule has 0 N–H and O–H groups in total. The van der Waals surface area contributed by atoms with Gasteiger partial charge in [-0.15, -0.1) is 0 Å². The van der Waals surface area contributed by atoms with Crippen LogP contribution >= 0.6 is 11.3 Å². The van der Waals surface area contributed by atoms with E-state index >= 15 is 0 Å². The van der Waals surface area contributed by atoms with Crippen molar-refractivity contribution < 1.29 is 4.74 Å². The van der Waals surface area contributed by atoms with E-state index in [2.05, 4.69) is 10.1 Å². The van der Waals surface area contributed by atoms with Gasteiger partial charge in [0.05, 0.1) is 16.8 Å². The van der Waals surface area contributed by atoms with Gasteiger partial charge < -0.3 is 4.74 Å². The molecule has 3 aromatic carbocycles. The molecule has 0 spiro atoms. The number of hydrogen-bond acceptors (Lipinski definition) is 7. The average Bonchev–Trinajstić information content (AvgIpc) is 3.50. The number of hydrogen-bond donors (Lipinski definition) is 0. The fraction of sp³-hybridized carbons (Fsp3) is 0.0690. The predicted octanol–water partition coefficient (Wildman–Crippen LogP) is 3.98. The lowest BCUT2D eigenvalue weighted by atomic mass is 10.1. The molecule has 0 amide bonds. The van der Waals surface area contributed by atoms with Crippen LogP contribution in [0.15, 0.2) is 101 Å². The summed E-state index contributed by atoms with van der Waals surface area (Å²) in [6.45, 7) is 2.52. The molecule has 3 aromatic heterocycles. The zero-order valence-electron chi connectivity index (χ0n) is 20.3. The van der Waals surface area contributed by atoms with Crippen molar-refractivity contribution in [3.05, 3.63) is 122 Å². The maximum Gasteiger partial charge on any atom is 0.300 e. The molecule has 186 valence electrons. The second-order valence-electron chi connectivity index (χ2n) is 8.41. The first-order valence-corrected chi connectivity index (χ1v) is 12.8. The molecule has 6 aromatic rings. The van der Waals surface area contributed by atoms with Crippen LogP contribution in [0.1, 0.15) is 12.5 Å². The highest BCUT2D eigenvalue weighted by Gasteiger charge is 2.15. The van der Waals surface area contributed by atoms with E-state index in [1.165, 1.54) is 4.52 Å². The van der Waals surface area contributed by atoms with E-state index in [0.717, 1.165) is 33.9 Å². The van der Waals surface area contributed by atoms with Crippen molar-refractivity contribution in [1.82, 2.24) is 24.4 Å². The van der Waals surface area contributed by atoms with E-state index in [1.807, 2.05) is 85.9 Å². The van der Waals surface area contributed by atoms with Crippen LogP contribution in [0.2, 0.25) is 0 Å². The number of nitrogens with zero attached hydrogens (tertiary/aromatic N) is 5. The van der Waals surface area contributed by atoms with Crippen molar-refractivity contribution in [3.8, 4) is 34.0 Å². The molecule has 3 heterocycles. The van der Waals surface area contributed by atoms with Crippen molar-refractivity contribution >= 4 is 22.4 Å². The third-order valence-electron chi connectivity index (χ3n) is 5.92. The maximum atomic E-state index is 13.4. The minimum atomic E-state index is -0.476. The van der Waals surface area contributed by atoms with Crippen molar-refractivity contribution in [2.45, 2.75) is 6.92 Å². The number of para-hydroxylation sites is 1. The van der Waals surface area contributed by atoms with Gasteiger partial charge in [-0.25, -0.2) is 4.68 Å². The number of aromatic nitrogens is 5. The molecule has 9 heteroatoms. The Morgan fingerprint density at radius 1 is 0.842 bits per heavy atom. The molecule has 8 nitrogen and oxygen atoms in total. The summed E-state index contributed by atoms with van der Waals surface area (Å²) in [5.74, 6) is 0.770. The van der Waals surface area contributed by atoms with Crippen LogP contribution in [-0.2, 0) is 0 Å². The molecule has 0 saturated carbocycles. The van der Waals surface area contributed by atoms with Crippen LogP contribution < -0.4 is 20.4 Å². The van der Waals surface area contributed by atoms with E-state index in [1.54, 1.807) is 22.9 Å². The summed E-state index contributed by atoms with van der Waals surface area (Å²) >= 11 is 1.12. The Morgan fingerprint density at radius 3 is 2.24 bits per heavy atom. The minimum absolute atomic E-state index is 0.136. The van der Waals surface area contributed by atoms with Crippen molar-refractivity contribution in [2.24, 2.45) is 0 Å². The third kappa shape index (κ3) is 4.39. The molecule has 38 heavy (non-hydrogen) atoms. The Kier molecular flexibility index (Phi) is 6.11. The van der Waals surface area contributed by atoms with Gasteiger partial charge in [0.15, 0.2) is 5.69 Å². The molecule has 0 aliphatic heterocycles. The number of benzene rings is 3. The summed E-state index contributed by atoms with van der Waals surface area (Å²) in [6, 6.07) is 26.4. The lowest BCUT2D eigenvalue weighted by Gasteiger charge is -2.04. The summed E-state index contributed by atoms with van der Waals surface area (Å²) in [4.78, 5) is 30.4. The monoisotopic (exact) mass is 519 g/mol. The molecular formula is C29H21N5O3S. The quantitative estimate of drug-likeness (QED) is 0.331. The van der Waals surface area contributed by atoms with Crippen LogP contribution in [0, 0.1) is 0 Å². The normalized spacial score (nSPS) is 11.8. The molecule has 0 fully saturated rings. The second-order valence-corrected chi connectivity index (χ2v) is 9.42. The Morgan fingerprint density at radius 2 is 1.53 bits per heavy atom. The van der Waals surface area contributed by atoms with Gasteiger partial charge in [0, 0.05) is 22.9 Å². The maximum absolute atomic E-state index is 13.4. The first kappa shape index (κ1) is 23.5. The highest BCUT2D eigenvalue weighted by Crippen LogP contribution is 2.26. The first-order chi connectivity index (χ1) is 18.6. The van der Waals surface area contributed by atoms with Crippen molar-refractivity contribution in [2.75, 3.05) is 6.61 Å². The zero-order valence-corrected chi connectivity index (χ0v) is 21.1. The minimum Gasteiger partial charge on any atom is -0.494 e. The molecular weight excluding hydrogens is 498 g/mol. The van der Waals surface area contributed by atoms with Crippen LogP contribution in [0.3, 0.4) is 0 Å². The van der Waals surface area contributed by atoms with Crippen LogP contribution in [-0.4, -0.2) is 31.0 Å². The van der Waals surface area contributed by atoms with Crippen LogP contribution in [0.25, 0.3) is 39.2 Å². The van der Waals surface area contributed by atoms with E-state index in [4.69, 9.17) is 9.84 Å². The molecule has 0 bridgehead atoms. The van der Waals surface area contributed by atoms with Gasteiger partial charge >= 0.3 is 5.56 Å². The summed E-state index contributed by atoms with van der Waals surface area (Å²) < 4.78 is 8.95. The molecule has 6 rings (SSSR count). The Hall–Kier alpha value is -4.89. The van der Waals surface area contributed by atoms with Gasteiger partial charge in [-0.2, -0.15) is 19.7 Å². The van der Waals surface area contributed by atoms with Crippen LogP contribution in [0.5, 0.6) is 5.75 Å². The van der Waals surface area contributed by atoms with E-state index in [0.29, 0.717) is 22.4 Å². The number of ether oxygens (including phenoxy) is 1. The largest absolute Gasteiger partial charge is 0.494 e. The standard InChI is InChI=1S/C29H21N5O3S/c1-2-37-23-15-13-20(14-16-23)25-21(18-33(31-25)22-11-7-4-8-12-22)17-24-28(36)34-29(38-24)30-27(35)26(32-34)19-9-5-3-6-10-19/h3-18H,2H2,1H3/b24-17-. The highest BCUT2D eigenvalue weighted by atomic mass is 32.1. The van der Waals surface area contributed by atoms with Gasteiger partial charge in [-0.1, -0.05) is 59.9 Å². The molecule has 0 aliphatic carbocycles. The zero-order chi connectivity index (χ0) is 26.1.